The van der Waals surface area contributed by atoms with Gasteiger partial charge >= 0.3 is 0 Å². The molecule has 42 valence electrons. The Bertz CT molecular complexity index is 179. The van der Waals surface area contributed by atoms with Gasteiger partial charge in [-0.2, -0.15) is 0 Å². The maximum absolute atomic E-state index is 9.39. The van der Waals surface area contributed by atoms with Gasteiger partial charge in [-0.15, -0.1) is 0 Å². The van der Waals surface area contributed by atoms with Crippen LogP contribution in [0, 0.1) is 0 Å². The Kier molecular flexibility index (Phi) is 0.571. The molecule has 0 saturated heterocycles. The van der Waals surface area contributed by atoms with E-state index in [2.05, 4.69) is 0 Å². The molecule has 2 aliphatic carbocycles. The second-order valence-electron chi connectivity index (χ2n) is 2.48. The van der Waals surface area contributed by atoms with Crippen LogP contribution in [0.3, 0.4) is 0 Å². The molecule has 2 aliphatic rings. The van der Waals surface area contributed by atoms with Crippen molar-refractivity contribution in [3.8, 4) is 0 Å². The fraction of sp³-hybridized carbons (Fsp3) is 0.429. The summed E-state index contributed by atoms with van der Waals surface area (Å²) in [6.45, 7) is 0. The summed E-state index contributed by atoms with van der Waals surface area (Å²) in [5, 5.41) is 9.39. The SMILES string of the molecule is OC12C=CC=C1CC2. The molecular formula is C7H8O. The van der Waals surface area contributed by atoms with E-state index >= 15 is 0 Å². The second-order valence-corrected chi connectivity index (χ2v) is 2.48. The Labute approximate surface area is 48.3 Å². The van der Waals surface area contributed by atoms with Crippen LogP contribution in [0.15, 0.2) is 23.8 Å². The fourth-order valence-corrected chi connectivity index (χ4v) is 1.27. The molecule has 1 unspecified atom stereocenters. The van der Waals surface area contributed by atoms with E-state index in [1.165, 1.54) is 5.57 Å². The fourth-order valence-electron chi connectivity index (χ4n) is 1.27. The molecular weight excluding hydrogens is 100 g/mol. The molecule has 0 aromatic heterocycles. The number of aliphatic hydroxyl groups is 1. The van der Waals surface area contributed by atoms with Gasteiger partial charge in [0, 0.05) is 0 Å². The van der Waals surface area contributed by atoms with E-state index in [9.17, 15) is 5.11 Å². The minimum absolute atomic E-state index is 0.486. The summed E-state index contributed by atoms with van der Waals surface area (Å²) in [4.78, 5) is 0. The first-order chi connectivity index (χ1) is 3.81. The summed E-state index contributed by atoms with van der Waals surface area (Å²) < 4.78 is 0. The lowest BCUT2D eigenvalue weighted by Crippen LogP contribution is -2.35. The van der Waals surface area contributed by atoms with Crippen molar-refractivity contribution in [2.75, 3.05) is 0 Å². The van der Waals surface area contributed by atoms with Crippen molar-refractivity contribution in [1.82, 2.24) is 0 Å². The van der Waals surface area contributed by atoms with Crippen LogP contribution in [0.25, 0.3) is 0 Å². The summed E-state index contributed by atoms with van der Waals surface area (Å²) in [6.07, 6.45) is 7.82. The number of hydrogen-bond donors (Lipinski definition) is 1. The topological polar surface area (TPSA) is 20.2 Å². The summed E-state index contributed by atoms with van der Waals surface area (Å²) in [6, 6.07) is 0. The average molecular weight is 108 g/mol. The lowest BCUT2D eigenvalue weighted by molar-refractivity contribution is 0.0790. The van der Waals surface area contributed by atoms with Gasteiger partial charge < -0.3 is 5.11 Å². The van der Waals surface area contributed by atoms with Gasteiger partial charge in [-0.3, -0.25) is 0 Å². The zero-order chi connectivity index (χ0) is 5.61. The third kappa shape index (κ3) is 0.315. The van der Waals surface area contributed by atoms with Crippen LogP contribution >= 0.6 is 0 Å². The molecule has 0 aromatic rings. The van der Waals surface area contributed by atoms with Crippen LogP contribution in [0.4, 0.5) is 0 Å². The maximum Gasteiger partial charge on any atom is 0.105 e. The predicted molar refractivity (Wildman–Crippen MR) is 31.4 cm³/mol. The first-order valence-corrected chi connectivity index (χ1v) is 2.92. The van der Waals surface area contributed by atoms with Crippen molar-refractivity contribution in [2.24, 2.45) is 0 Å². The maximum atomic E-state index is 9.39. The molecule has 0 heterocycles. The molecule has 1 fully saturated rings. The lowest BCUT2D eigenvalue weighted by Gasteiger charge is -2.34. The van der Waals surface area contributed by atoms with Gasteiger partial charge in [0.1, 0.15) is 5.60 Å². The highest BCUT2D eigenvalue weighted by Crippen LogP contribution is 2.41. The zero-order valence-corrected chi connectivity index (χ0v) is 4.59. The van der Waals surface area contributed by atoms with E-state index in [0.717, 1.165) is 12.8 Å². The van der Waals surface area contributed by atoms with Crippen molar-refractivity contribution in [3.63, 3.8) is 0 Å². The van der Waals surface area contributed by atoms with E-state index in [0.29, 0.717) is 0 Å². The average Bonchev–Trinajstić information content (AvgIpc) is 1.94. The molecule has 0 aromatic carbocycles. The Morgan fingerprint density at radius 1 is 1.62 bits per heavy atom. The monoisotopic (exact) mass is 108 g/mol. The van der Waals surface area contributed by atoms with Crippen LogP contribution in [0.1, 0.15) is 12.8 Å². The highest BCUT2D eigenvalue weighted by atomic mass is 16.3. The molecule has 1 saturated carbocycles. The molecule has 8 heavy (non-hydrogen) atoms. The molecule has 0 bridgehead atoms. The third-order valence-corrected chi connectivity index (χ3v) is 2.00. The summed E-state index contributed by atoms with van der Waals surface area (Å²) >= 11 is 0. The number of rotatable bonds is 0. The normalized spacial score (nSPS) is 40.9. The summed E-state index contributed by atoms with van der Waals surface area (Å²) in [5.74, 6) is 0. The molecule has 1 N–H and O–H groups in total. The Hall–Kier alpha value is -0.560. The quantitative estimate of drug-likeness (QED) is 0.491. The van der Waals surface area contributed by atoms with Gasteiger partial charge in [0.15, 0.2) is 0 Å². The molecule has 0 aliphatic heterocycles. The first-order valence-electron chi connectivity index (χ1n) is 2.92. The number of allylic oxidation sites excluding steroid dienone is 2. The number of fused-ring (bicyclic) bond motifs is 1. The lowest BCUT2D eigenvalue weighted by atomic mass is 9.77. The van der Waals surface area contributed by atoms with Crippen LogP contribution in [0.5, 0.6) is 0 Å². The molecule has 0 radical (unpaired) electrons. The summed E-state index contributed by atoms with van der Waals surface area (Å²) in [7, 11) is 0. The minimum Gasteiger partial charge on any atom is -0.381 e. The highest BCUT2D eigenvalue weighted by Gasteiger charge is 2.38. The zero-order valence-electron chi connectivity index (χ0n) is 4.59. The van der Waals surface area contributed by atoms with Gasteiger partial charge in [-0.25, -0.2) is 0 Å². The molecule has 1 nitrogen and oxygen atoms in total. The molecule has 1 atom stereocenters. The second kappa shape index (κ2) is 1.06. The van der Waals surface area contributed by atoms with E-state index in [-0.39, 0.29) is 0 Å². The molecule has 0 spiro atoms. The van der Waals surface area contributed by atoms with Crippen LogP contribution in [0.2, 0.25) is 0 Å². The molecule has 1 heteroatoms. The van der Waals surface area contributed by atoms with E-state index in [1.807, 2.05) is 18.2 Å². The van der Waals surface area contributed by atoms with E-state index in [1.54, 1.807) is 0 Å². The van der Waals surface area contributed by atoms with Crippen LogP contribution < -0.4 is 0 Å². The first kappa shape index (κ1) is 4.33. The Morgan fingerprint density at radius 2 is 2.50 bits per heavy atom. The Balaban J connectivity index is 2.41. The van der Waals surface area contributed by atoms with Gasteiger partial charge in [0.05, 0.1) is 0 Å². The van der Waals surface area contributed by atoms with Crippen LogP contribution in [-0.4, -0.2) is 10.7 Å². The largest absolute Gasteiger partial charge is 0.381 e. The highest BCUT2D eigenvalue weighted by molar-refractivity contribution is 5.41. The van der Waals surface area contributed by atoms with Gasteiger partial charge in [-0.05, 0) is 24.5 Å². The van der Waals surface area contributed by atoms with Crippen molar-refractivity contribution >= 4 is 0 Å². The van der Waals surface area contributed by atoms with Gasteiger partial charge in [0.2, 0.25) is 0 Å². The van der Waals surface area contributed by atoms with Crippen molar-refractivity contribution in [3.05, 3.63) is 23.8 Å². The standard InChI is InChI=1S/C7H8O/c8-7-4-1-2-6(7)3-5-7/h1-2,4,8H,3,5H2. The van der Waals surface area contributed by atoms with Crippen molar-refractivity contribution in [2.45, 2.75) is 18.4 Å². The minimum atomic E-state index is -0.486. The third-order valence-electron chi connectivity index (χ3n) is 2.00. The predicted octanol–water partition coefficient (Wildman–Crippen LogP) is 1.01. The smallest absolute Gasteiger partial charge is 0.105 e. The van der Waals surface area contributed by atoms with E-state index < -0.39 is 5.60 Å². The van der Waals surface area contributed by atoms with Crippen molar-refractivity contribution in [1.29, 1.82) is 0 Å². The van der Waals surface area contributed by atoms with E-state index in [4.69, 9.17) is 0 Å². The van der Waals surface area contributed by atoms with Crippen LogP contribution in [-0.2, 0) is 0 Å². The van der Waals surface area contributed by atoms with Gasteiger partial charge in [-0.1, -0.05) is 12.2 Å². The molecule has 0 amide bonds. The summed E-state index contributed by atoms with van der Waals surface area (Å²) in [5.41, 5.74) is 0.706. The molecule has 2 rings (SSSR count). The number of hydrogen-bond acceptors (Lipinski definition) is 1. The Morgan fingerprint density at radius 3 is 2.75 bits per heavy atom. The van der Waals surface area contributed by atoms with Gasteiger partial charge in [0.25, 0.3) is 0 Å². The van der Waals surface area contributed by atoms with Crippen molar-refractivity contribution < 1.29 is 5.11 Å².